The molecule has 1 unspecified atom stereocenters. The van der Waals surface area contributed by atoms with Crippen LogP contribution in [0.15, 0.2) is 42.6 Å². The van der Waals surface area contributed by atoms with Crippen LogP contribution in [0.2, 0.25) is 0 Å². The van der Waals surface area contributed by atoms with Crippen LogP contribution in [0.3, 0.4) is 0 Å². The van der Waals surface area contributed by atoms with Crippen molar-refractivity contribution in [1.29, 1.82) is 0 Å². The summed E-state index contributed by atoms with van der Waals surface area (Å²) in [5.41, 5.74) is 1.91. The SMILES string of the molecule is CCOc1cc(OC2CCNC2)ccc1-c1ccccn1. The van der Waals surface area contributed by atoms with Crippen LogP contribution in [-0.2, 0) is 0 Å². The lowest BCUT2D eigenvalue weighted by Gasteiger charge is -2.15. The minimum atomic E-state index is 0.250. The van der Waals surface area contributed by atoms with Crippen molar-refractivity contribution < 1.29 is 9.47 Å². The van der Waals surface area contributed by atoms with Gasteiger partial charge in [-0.3, -0.25) is 4.98 Å². The number of pyridine rings is 1. The first-order valence-corrected chi connectivity index (χ1v) is 7.42. The van der Waals surface area contributed by atoms with E-state index in [9.17, 15) is 0 Å². The molecule has 21 heavy (non-hydrogen) atoms. The summed E-state index contributed by atoms with van der Waals surface area (Å²) in [6.45, 7) is 4.53. The van der Waals surface area contributed by atoms with E-state index in [1.807, 2.05) is 43.3 Å². The molecule has 2 aromatic rings. The second-order valence-electron chi connectivity index (χ2n) is 5.04. The summed E-state index contributed by atoms with van der Waals surface area (Å²) in [5.74, 6) is 1.67. The smallest absolute Gasteiger partial charge is 0.132 e. The standard InChI is InChI=1S/C17H20N2O2/c1-2-20-17-11-13(21-14-8-10-18-12-14)6-7-15(17)16-5-3-4-9-19-16/h3-7,9,11,14,18H,2,8,10,12H2,1H3. The maximum Gasteiger partial charge on any atom is 0.132 e. The Morgan fingerprint density at radius 1 is 1.29 bits per heavy atom. The molecule has 0 amide bonds. The van der Waals surface area contributed by atoms with Crippen molar-refractivity contribution in [3.63, 3.8) is 0 Å². The fraction of sp³-hybridized carbons (Fsp3) is 0.353. The molecule has 4 nitrogen and oxygen atoms in total. The van der Waals surface area contributed by atoms with Crippen LogP contribution in [0.1, 0.15) is 13.3 Å². The topological polar surface area (TPSA) is 43.4 Å². The first-order valence-electron chi connectivity index (χ1n) is 7.42. The van der Waals surface area contributed by atoms with Gasteiger partial charge in [0.1, 0.15) is 17.6 Å². The molecule has 1 N–H and O–H groups in total. The van der Waals surface area contributed by atoms with Gasteiger partial charge in [0.25, 0.3) is 0 Å². The largest absolute Gasteiger partial charge is 0.493 e. The monoisotopic (exact) mass is 284 g/mol. The maximum atomic E-state index is 5.99. The summed E-state index contributed by atoms with van der Waals surface area (Å²) in [6, 6.07) is 11.8. The number of hydrogen-bond acceptors (Lipinski definition) is 4. The molecule has 4 heteroatoms. The Hall–Kier alpha value is -2.07. The molecule has 3 rings (SSSR count). The minimum Gasteiger partial charge on any atom is -0.493 e. The molecule has 1 saturated heterocycles. The molecule has 110 valence electrons. The van der Waals surface area contributed by atoms with Gasteiger partial charge in [-0.1, -0.05) is 6.07 Å². The van der Waals surface area contributed by atoms with Crippen LogP contribution < -0.4 is 14.8 Å². The van der Waals surface area contributed by atoms with E-state index < -0.39 is 0 Å². The average molecular weight is 284 g/mol. The number of benzene rings is 1. The summed E-state index contributed by atoms with van der Waals surface area (Å²) >= 11 is 0. The Morgan fingerprint density at radius 2 is 2.24 bits per heavy atom. The van der Waals surface area contributed by atoms with Crippen molar-refractivity contribution in [1.82, 2.24) is 10.3 Å². The number of nitrogens with one attached hydrogen (secondary N) is 1. The van der Waals surface area contributed by atoms with E-state index in [0.29, 0.717) is 6.61 Å². The maximum absolute atomic E-state index is 5.99. The molecule has 1 fully saturated rings. The third kappa shape index (κ3) is 3.34. The minimum absolute atomic E-state index is 0.250. The fourth-order valence-electron chi connectivity index (χ4n) is 2.51. The Kier molecular flexibility index (Phi) is 4.36. The third-order valence-electron chi connectivity index (χ3n) is 3.51. The Balaban J connectivity index is 1.87. The van der Waals surface area contributed by atoms with Crippen molar-refractivity contribution >= 4 is 0 Å². The van der Waals surface area contributed by atoms with Gasteiger partial charge in [-0.05, 0) is 44.2 Å². The zero-order valence-electron chi connectivity index (χ0n) is 12.2. The van der Waals surface area contributed by atoms with E-state index >= 15 is 0 Å². The highest BCUT2D eigenvalue weighted by Gasteiger charge is 2.17. The van der Waals surface area contributed by atoms with Gasteiger partial charge in [0.05, 0.1) is 12.3 Å². The van der Waals surface area contributed by atoms with E-state index in [-0.39, 0.29) is 6.10 Å². The molecule has 1 aromatic heterocycles. The lowest BCUT2D eigenvalue weighted by Crippen LogP contribution is -2.19. The molecule has 2 heterocycles. The van der Waals surface area contributed by atoms with Crippen LogP contribution >= 0.6 is 0 Å². The summed E-state index contributed by atoms with van der Waals surface area (Å²) < 4.78 is 11.8. The van der Waals surface area contributed by atoms with E-state index in [1.54, 1.807) is 6.20 Å². The zero-order valence-corrected chi connectivity index (χ0v) is 12.2. The Morgan fingerprint density at radius 3 is 2.95 bits per heavy atom. The lowest BCUT2D eigenvalue weighted by atomic mass is 10.1. The fourth-order valence-corrected chi connectivity index (χ4v) is 2.51. The molecular weight excluding hydrogens is 264 g/mol. The highest BCUT2D eigenvalue weighted by atomic mass is 16.5. The summed E-state index contributed by atoms with van der Waals surface area (Å²) in [5, 5.41) is 3.30. The second kappa shape index (κ2) is 6.59. The van der Waals surface area contributed by atoms with E-state index in [4.69, 9.17) is 9.47 Å². The van der Waals surface area contributed by atoms with Crippen LogP contribution in [0.25, 0.3) is 11.3 Å². The molecular formula is C17H20N2O2. The molecule has 0 saturated carbocycles. The van der Waals surface area contributed by atoms with Gasteiger partial charge in [0, 0.05) is 24.4 Å². The molecule has 0 spiro atoms. The predicted molar refractivity (Wildman–Crippen MR) is 82.7 cm³/mol. The van der Waals surface area contributed by atoms with Gasteiger partial charge < -0.3 is 14.8 Å². The summed E-state index contributed by atoms with van der Waals surface area (Å²) in [6.07, 6.45) is 3.09. The molecule has 1 aromatic carbocycles. The highest BCUT2D eigenvalue weighted by Crippen LogP contribution is 2.33. The van der Waals surface area contributed by atoms with Crippen LogP contribution in [0, 0.1) is 0 Å². The molecule has 0 radical (unpaired) electrons. The van der Waals surface area contributed by atoms with Gasteiger partial charge in [0.2, 0.25) is 0 Å². The van der Waals surface area contributed by atoms with Crippen molar-refractivity contribution in [2.45, 2.75) is 19.4 Å². The number of hydrogen-bond donors (Lipinski definition) is 1. The van der Waals surface area contributed by atoms with Gasteiger partial charge in [-0.15, -0.1) is 0 Å². The normalized spacial score (nSPS) is 17.7. The second-order valence-corrected chi connectivity index (χ2v) is 5.04. The van der Waals surface area contributed by atoms with Crippen LogP contribution in [-0.4, -0.2) is 30.8 Å². The first-order chi connectivity index (χ1) is 10.4. The van der Waals surface area contributed by atoms with Crippen LogP contribution in [0.4, 0.5) is 0 Å². The Labute approximate surface area is 125 Å². The molecule has 1 aliphatic rings. The number of rotatable bonds is 5. The van der Waals surface area contributed by atoms with E-state index in [2.05, 4.69) is 10.3 Å². The number of ether oxygens (including phenoxy) is 2. The number of aromatic nitrogens is 1. The van der Waals surface area contributed by atoms with Crippen molar-refractivity contribution in [3.05, 3.63) is 42.6 Å². The number of nitrogens with zero attached hydrogens (tertiary/aromatic N) is 1. The van der Waals surface area contributed by atoms with E-state index in [1.165, 1.54) is 0 Å². The molecule has 0 aliphatic carbocycles. The molecule has 1 atom stereocenters. The van der Waals surface area contributed by atoms with Gasteiger partial charge in [0.15, 0.2) is 0 Å². The van der Waals surface area contributed by atoms with Gasteiger partial charge in [-0.25, -0.2) is 0 Å². The summed E-state index contributed by atoms with van der Waals surface area (Å²) in [7, 11) is 0. The van der Waals surface area contributed by atoms with Crippen molar-refractivity contribution in [3.8, 4) is 22.8 Å². The predicted octanol–water partition coefficient (Wildman–Crippen LogP) is 2.89. The third-order valence-corrected chi connectivity index (χ3v) is 3.51. The molecule has 1 aliphatic heterocycles. The van der Waals surface area contributed by atoms with E-state index in [0.717, 1.165) is 42.3 Å². The quantitative estimate of drug-likeness (QED) is 0.917. The van der Waals surface area contributed by atoms with Crippen molar-refractivity contribution in [2.24, 2.45) is 0 Å². The first kappa shape index (κ1) is 13.9. The van der Waals surface area contributed by atoms with Gasteiger partial charge in [-0.2, -0.15) is 0 Å². The van der Waals surface area contributed by atoms with Crippen LogP contribution in [0.5, 0.6) is 11.5 Å². The van der Waals surface area contributed by atoms with Crippen molar-refractivity contribution in [2.75, 3.05) is 19.7 Å². The van der Waals surface area contributed by atoms with Gasteiger partial charge >= 0.3 is 0 Å². The lowest BCUT2D eigenvalue weighted by molar-refractivity contribution is 0.221. The Bertz CT molecular complexity index is 581. The summed E-state index contributed by atoms with van der Waals surface area (Å²) in [4.78, 5) is 4.39. The zero-order chi connectivity index (χ0) is 14.5. The molecule has 0 bridgehead atoms. The highest BCUT2D eigenvalue weighted by molar-refractivity contribution is 5.68. The average Bonchev–Trinajstić information content (AvgIpc) is 3.02.